The first-order valence-corrected chi connectivity index (χ1v) is 6.04. The second-order valence-electron chi connectivity index (χ2n) is 5.20. The van der Waals surface area contributed by atoms with Crippen molar-refractivity contribution in [2.24, 2.45) is 5.41 Å². The summed E-state index contributed by atoms with van der Waals surface area (Å²) in [5, 5.41) is 12.0. The number of nitriles is 1. The Kier molecular flexibility index (Phi) is 5.11. The van der Waals surface area contributed by atoms with Crippen LogP contribution in [0.2, 0.25) is 0 Å². The van der Waals surface area contributed by atoms with E-state index in [1.165, 1.54) is 0 Å². The number of pyridine rings is 1. The third-order valence-corrected chi connectivity index (χ3v) is 2.77. The lowest BCUT2D eigenvalue weighted by Crippen LogP contribution is -2.29. The van der Waals surface area contributed by atoms with Gasteiger partial charge in [0.2, 0.25) is 0 Å². The second-order valence-corrected chi connectivity index (χ2v) is 5.20. The molecule has 1 rings (SSSR count). The fourth-order valence-electron chi connectivity index (χ4n) is 1.71. The van der Waals surface area contributed by atoms with Gasteiger partial charge in [-0.2, -0.15) is 5.26 Å². The van der Waals surface area contributed by atoms with Gasteiger partial charge in [0.1, 0.15) is 0 Å². The highest BCUT2D eigenvalue weighted by Gasteiger charge is 2.16. The summed E-state index contributed by atoms with van der Waals surface area (Å²) in [7, 11) is 0. The Morgan fingerprint density at radius 3 is 2.82 bits per heavy atom. The van der Waals surface area contributed by atoms with E-state index < -0.39 is 0 Å². The number of rotatable bonds is 6. The minimum atomic E-state index is 0.166. The molecule has 0 radical (unpaired) electrons. The Labute approximate surface area is 104 Å². The van der Waals surface area contributed by atoms with E-state index in [1.54, 1.807) is 0 Å². The molecular weight excluding hydrogens is 210 g/mol. The average Bonchev–Trinajstić information content (AvgIpc) is 2.26. The molecule has 0 saturated carbocycles. The van der Waals surface area contributed by atoms with Gasteiger partial charge in [-0.1, -0.05) is 19.9 Å². The van der Waals surface area contributed by atoms with Crippen molar-refractivity contribution >= 4 is 0 Å². The van der Waals surface area contributed by atoms with Crippen LogP contribution in [-0.4, -0.2) is 11.5 Å². The van der Waals surface area contributed by atoms with Crippen LogP contribution >= 0.6 is 0 Å². The van der Waals surface area contributed by atoms with Crippen LogP contribution < -0.4 is 5.32 Å². The minimum Gasteiger partial charge on any atom is -0.311 e. The lowest BCUT2D eigenvalue weighted by Gasteiger charge is -2.23. The van der Waals surface area contributed by atoms with E-state index in [1.807, 2.05) is 25.1 Å². The zero-order chi connectivity index (χ0) is 12.7. The van der Waals surface area contributed by atoms with Crippen LogP contribution in [-0.2, 0) is 6.54 Å². The molecule has 92 valence electrons. The van der Waals surface area contributed by atoms with Crippen LogP contribution in [0, 0.1) is 23.7 Å². The highest BCUT2D eigenvalue weighted by atomic mass is 14.9. The normalized spacial score (nSPS) is 11.2. The highest BCUT2D eigenvalue weighted by Crippen LogP contribution is 2.20. The first kappa shape index (κ1) is 13.7. The number of aryl methyl sites for hydroxylation is 1. The molecule has 0 amide bonds. The highest BCUT2D eigenvalue weighted by molar-refractivity contribution is 5.09. The summed E-state index contributed by atoms with van der Waals surface area (Å²) >= 11 is 0. The van der Waals surface area contributed by atoms with Crippen LogP contribution in [0.15, 0.2) is 18.2 Å². The number of nitrogens with one attached hydrogen (secondary N) is 1. The first-order valence-electron chi connectivity index (χ1n) is 6.04. The van der Waals surface area contributed by atoms with Gasteiger partial charge in [0, 0.05) is 25.2 Å². The molecule has 17 heavy (non-hydrogen) atoms. The van der Waals surface area contributed by atoms with Crippen LogP contribution in [0.5, 0.6) is 0 Å². The molecule has 1 aromatic rings. The summed E-state index contributed by atoms with van der Waals surface area (Å²) in [4.78, 5) is 4.44. The molecule has 3 nitrogen and oxygen atoms in total. The molecule has 1 heterocycles. The van der Waals surface area contributed by atoms with E-state index in [9.17, 15) is 0 Å². The van der Waals surface area contributed by atoms with E-state index in [0.717, 1.165) is 30.9 Å². The van der Waals surface area contributed by atoms with Crippen LogP contribution in [0.25, 0.3) is 0 Å². The zero-order valence-electron chi connectivity index (χ0n) is 11.0. The lowest BCUT2D eigenvalue weighted by atomic mass is 9.88. The molecule has 0 saturated heterocycles. The number of nitrogens with zero attached hydrogens (tertiary/aromatic N) is 2. The molecule has 1 N–H and O–H groups in total. The largest absolute Gasteiger partial charge is 0.311 e. The fourth-order valence-corrected chi connectivity index (χ4v) is 1.71. The molecule has 0 unspecified atom stereocenters. The topological polar surface area (TPSA) is 48.7 Å². The number of hydrogen-bond acceptors (Lipinski definition) is 3. The van der Waals surface area contributed by atoms with Gasteiger partial charge < -0.3 is 5.32 Å². The summed E-state index contributed by atoms with van der Waals surface area (Å²) in [5.41, 5.74) is 2.29. The maximum Gasteiger partial charge on any atom is 0.0621 e. The summed E-state index contributed by atoms with van der Waals surface area (Å²) in [5.74, 6) is 0. The van der Waals surface area contributed by atoms with E-state index in [-0.39, 0.29) is 5.41 Å². The van der Waals surface area contributed by atoms with E-state index >= 15 is 0 Å². The standard InChI is InChI=1S/C14H21N3/c1-12-6-4-7-13(17-12)10-16-11-14(2,3)8-5-9-15/h4,6-7,16H,5,8,10-11H2,1-3H3. The Balaban J connectivity index is 2.35. The van der Waals surface area contributed by atoms with Crippen molar-refractivity contribution in [2.75, 3.05) is 6.54 Å². The molecule has 0 aliphatic heterocycles. The molecule has 0 aliphatic rings. The van der Waals surface area contributed by atoms with Crippen molar-refractivity contribution in [3.8, 4) is 6.07 Å². The zero-order valence-corrected chi connectivity index (χ0v) is 11.0. The summed E-state index contributed by atoms with van der Waals surface area (Å²) in [6.07, 6.45) is 1.55. The lowest BCUT2D eigenvalue weighted by molar-refractivity contribution is 0.317. The fraction of sp³-hybridized carbons (Fsp3) is 0.571. The van der Waals surface area contributed by atoms with Crippen molar-refractivity contribution in [1.29, 1.82) is 5.26 Å². The van der Waals surface area contributed by atoms with Crippen LogP contribution in [0.3, 0.4) is 0 Å². The van der Waals surface area contributed by atoms with E-state index in [0.29, 0.717) is 6.42 Å². The SMILES string of the molecule is Cc1cccc(CNCC(C)(C)CCC#N)n1. The van der Waals surface area contributed by atoms with Crippen molar-refractivity contribution in [3.05, 3.63) is 29.6 Å². The molecule has 0 spiro atoms. The molecule has 0 fully saturated rings. The van der Waals surface area contributed by atoms with Gasteiger partial charge >= 0.3 is 0 Å². The van der Waals surface area contributed by atoms with E-state index in [2.05, 4.69) is 30.2 Å². The van der Waals surface area contributed by atoms with Crippen molar-refractivity contribution in [2.45, 2.75) is 40.2 Å². The minimum absolute atomic E-state index is 0.166. The smallest absolute Gasteiger partial charge is 0.0621 e. The predicted molar refractivity (Wildman–Crippen MR) is 69.3 cm³/mol. The molecule has 0 aromatic carbocycles. The van der Waals surface area contributed by atoms with Gasteiger partial charge in [-0.3, -0.25) is 4.98 Å². The van der Waals surface area contributed by atoms with Gasteiger partial charge in [-0.25, -0.2) is 0 Å². The molecule has 0 aliphatic carbocycles. The monoisotopic (exact) mass is 231 g/mol. The summed E-state index contributed by atoms with van der Waals surface area (Å²) < 4.78 is 0. The van der Waals surface area contributed by atoms with Gasteiger partial charge in [0.05, 0.1) is 11.8 Å². The molecule has 3 heteroatoms. The number of hydrogen-bond donors (Lipinski definition) is 1. The van der Waals surface area contributed by atoms with Gasteiger partial charge in [0.15, 0.2) is 0 Å². The Hall–Kier alpha value is -1.40. The van der Waals surface area contributed by atoms with Gasteiger partial charge in [0.25, 0.3) is 0 Å². The van der Waals surface area contributed by atoms with Crippen molar-refractivity contribution in [1.82, 2.24) is 10.3 Å². The maximum absolute atomic E-state index is 8.58. The quantitative estimate of drug-likeness (QED) is 0.819. The predicted octanol–water partition coefficient (Wildman–Crippen LogP) is 2.81. The average molecular weight is 231 g/mol. The molecule has 1 aromatic heterocycles. The Morgan fingerprint density at radius 2 is 2.18 bits per heavy atom. The van der Waals surface area contributed by atoms with Crippen LogP contribution in [0.4, 0.5) is 0 Å². The van der Waals surface area contributed by atoms with Crippen molar-refractivity contribution in [3.63, 3.8) is 0 Å². The molecule has 0 bridgehead atoms. The third-order valence-electron chi connectivity index (χ3n) is 2.77. The first-order chi connectivity index (χ1) is 8.03. The van der Waals surface area contributed by atoms with E-state index in [4.69, 9.17) is 5.26 Å². The third kappa shape index (κ3) is 5.46. The molecule has 0 atom stereocenters. The summed E-state index contributed by atoms with van der Waals surface area (Å²) in [6, 6.07) is 8.26. The van der Waals surface area contributed by atoms with Gasteiger partial charge in [-0.15, -0.1) is 0 Å². The Bertz CT molecular complexity index is 391. The maximum atomic E-state index is 8.58. The van der Waals surface area contributed by atoms with Crippen molar-refractivity contribution < 1.29 is 0 Å². The molecular formula is C14H21N3. The van der Waals surface area contributed by atoms with Crippen LogP contribution in [0.1, 0.15) is 38.1 Å². The summed E-state index contributed by atoms with van der Waals surface area (Å²) in [6.45, 7) is 8.06. The Morgan fingerprint density at radius 1 is 1.41 bits per heavy atom. The second kappa shape index (κ2) is 6.36. The number of aromatic nitrogens is 1. The van der Waals surface area contributed by atoms with Gasteiger partial charge in [-0.05, 0) is 30.9 Å².